The highest BCUT2D eigenvalue weighted by Gasteiger charge is 2.12. The third-order valence-electron chi connectivity index (χ3n) is 2.06. The third kappa shape index (κ3) is 4.26. The normalized spacial score (nSPS) is 10.0. The summed E-state index contributed by atoms with van der Waals surface area (Å²) in [6.45, 7) is 4.93. The molecule has 0 bridgehead atoms. The van der Waals surface area contributed by atoms with Gasteiger partial charge in [0.05, 0.1) is 6.61 Å². The predicted octanol–water partition coefficient (Wildman–Crippen LogP) is 1.18. The van der Waals surface area contributed by atoms with Gasteiger partial charge in [-0.25, -0.2) is 9.97 Å². The quantitative estimate of drug-likeness (QED) is 0.770. The lowest BCUT2D eigenvalue weighted by molar-refractivity contribution is -0.135. The van der Waals surface area contributed by atoms with Crippen LogP contribution in [0.4, 0.5) is 5.82 Å². The van der Waals surface area contributed by atoms with E-state index in [0.29, 0.717) is 24.8 Å². The Morgan fingerprint density at radius 1 is 1.47 bits per heavy atom. The highest BCUT2D eigenvalue weighted by Crippen LogP contribution is 2.15. The fraction of sp³-hybridized carbons (Fsp3) is 0.545. The van der Waals surface area contributed by atoms with E-state index in [0.717, 1.165) is 6.42 Å². The number of carbonyl (C=O) groups is 1. The Kier molecular flexibility index (Phi) is 5.19. The largest absolute Gasteiger partial charge is 0.480 e. The summed E-state index contributed by atoms with van der Waals surface area (Å²) in [5, 5.41) is 8.83. The number of anilines is 1. The van der Waals surface area contributed by atoms with Gasteiger partial charge in [-0.15, -0.1) is 0 Å². The van der Waals surface area contributed by atoms with E-state index < -0.39 is 5.97 Å². The Morgan fingerprint density at radius 3 is 2.82 bits per heavy atom. The monoisotopic (exact) mass is 239 g/mol. The molecular formula is C11H17N3O3. The summed E-state index contributed by atoms with van der Waals surface area (Å²) in [5.41, 5.74) is 0. The molecule has 1 aromatic rings. The van der Waals surface area contributed by atoms with E-state index in [-0.39, 0.29) is 6.54 Å². The van der Waals surface area contributed by atoms with Crippen LogP contribution in [-0.4, -0.2) is 40.7 Å². The van der Waals surface area contributed by atoms with Crippen molar-refractivity contribution in [3.63, 3.8) is 0 Å². The van der Waals surface area contributed by atoms with Crippen LogP contribution < -0.4 is 9.64 Å². The van der Waals surface area contributed by atoms with Crippen molar-refractivity contribution in [2.24, 2.45) is 0 Å². The molecule has 0 aromatic carbocycles. The molecule has 0 saturated heterocycles. The maximum absolute atomic E-state index is 10.8. The van der Waals surface area contributed by atoms with Gasteiger partial charge in [0, 0.05) is 12.6 Å². The molecular weight excluding hydrogens is 222 g/mol. The summed E-state index contributed by atoms with van der Waals surface area (Å²) in [4.78, 5) is 20.4. The van der Waals surface area contributed by atoms with E-state index in [9.17, 15) is 4.79 Å². The summed E-state index contributed by atoms with van der Waals surface area (Å²) < 4.78 is 5.25. The lowest BCUT2D eigenvalue weighted by Crippen LogP contribution is -2.31. The number of carboxylic acid groups (broad SMARTS) is 1. The molecule has 0 aliphatic rings. The standard InChI is InChI=1S/C11H17N3O3/c1-3-5-14(7-11(15)16)9-6-10(17-4-2)13-8-12-9/h6,8H,3-5,7H2,1-2H3,(H,15,16). The van der Waals surface area contributed by atoms with Gasteiger partial charge < -0.3 is 14.7 Å². The number of rotatable bonds is 7. The van der Waals surface area contributed by atoms with Crippen molar-refractivity contribution in [2.75, 3.05) is 24.6 Å². The Hall–Kier alpha value is -1.85. The van der Waals surface area contributed by atoms with Gasteiger partial charge >= 0.3 is 5.97 Å². The number of aromatic nitrogens is 2. The first-order valence-electron chi connectivity index (χ1n) is 5.59. The van der Waals surface area contributed by atoms with Crippen molar-refractivity contribution < 1.29 is 14.6 Å². The lowest BCUT2D eigenvalue weighted by Gasteiger charge is -2.20. The van der Waals surface area contributed by atoms with E-state index in [1.54, 1.807) is 11.0 Å². The Bertz CT molecular complexity index is 371. The van der Waals surface area contributed by atoms with Crippen molar-refractivity contribution in [3.05, 3.63) is 12.4 Å². The first-order chi connectivity index (χ1) is 8.17. The maximum atomic E-state index is 10.8. The summed E-state index contributed by atoms with van der Waals surface area (Å²) >= 11 is 0. The minimum Gasteiger partial charge on any atom is -0.480 e. The molecule has 6 heteroatoms. The summed E-state index contributed by atoms with van der Waals surface area (Å²) in [6, 6.07) is 1.65. The van der Waals surface area contributed by atoms with Crippen LogP contribution >= 0.6 is 0 Å². The Morgan fingerprint density at radius 2 is 2.24 bits per heavy atom. The molecule has 0 amide bonds. The second kappa shape index (κ2) is 6.67. The second-order valence-corrected chi connectivity index (χ2v) is 3.46. The van der Waals surface area contributed by atoms with Crippen molar-refractivity contribution >= 4 is 11.8 Å². The molecule has 0 aliphatic carbocycles. The van der Waals surface area contributed by atoms with Crippen LogP contribution in [0.5, 0.6) is 5.88 Å². The summed E-state index contributed by atoms with van der Waals surface area (Å²) in [7, 11) is 0. The van der Waals surface area contributed by atoms with E-state index in [4.69, 9.17) is 9.84 Å². The van der Waals surface area contributed by atoms with Crippen molar-refractivity contribution in [3.8, 4) is 5.88 Å². The molecule has 0 radical (unpaired) electrons. The molecule has 0 aliphatic heterocycles. The lowest BCUT2D eigenvalue weighted by atomic mass is 10.4. The Labute approximate surface area is 100 Å². The van der Waals surface area contributed by atoms with Gasteiger partial charge in [-0.2, -0.15) is 0 Å². The fourth-order valence-electron chi connectivity index (χ4n) is 1.44. The van der Waals surface area contributed by atoms with E-state index in [1.165, 1.54) is 6.33 Å². The minimum atomic E-state index is -0.880. The van der Waals surface area contributed by atoms with Gasteiger partial charge in [-0.3, -0.25) is 4.79 Å². The van der Waals surface area contributed by atoms with Gasteiger partial charge in [0.15, 0.2) is 0 Å². The van der Waals surface area contributed by atoms with Crippen LogP contribution in [0.15, 0.2) is 12.4 Å². The highest BCUT2D eigenvalue weighted by molar-refractivity contribution is 5.73. The second-order valence-electron chi connectivity index (χ2n) is 3.46. The zero-order valence-corrected chi connectivity index (χ0v) is 10.1. The average Bonchev–Trinajstić information content (AvgIpc) is 2.29. The molecule has 0 fully saturated rings. The van der Waals surface area contributed by atoms with Crippen molar-refractivity contribution in [2.45, 2.75) is 20.3 Å². The molecule has 1 rings (SSSR count). The highest BCUT2D eigenvalue weighted by atomic mass is 16.5. The van der Waals surface area contributed by atoms with Gasteiger partial charge in [0.1, 0.15) is 18.7 Å². The number of hydrogen-bond acceptors (Lipinski definition) is 5. The smallest absolute Gasteiger partial charge is 0.323 e. The maximum Gasteiger partial charge on any atom is 0.323 e. The molecule has 17 heavy (non-hydrogen) atoms. The minimum absolute atomic E-state index is 0.0730. The molecule has 1 heterocycles. The van der Waals surface area contributed by atoms with Gasteiger partial charge in [-0.05, 0) is 13.3 Å². The number of ether oxygens (including phenoxy) is 1. The SMILES string of the molecule is CCCN(CC(=O)O)c1cc(OCC)ncn1. The number of nitrogens with zero attached hydrogens (tertiary/aromatic N) is 3. The van der Waals surface area contributed by atoms with Crippen molar-refractivity contribution in [1.82, 2.24) is 9.97 Å². The van der Waals surface area contributed by atoms with Crippen LogP contribution in [0.25, 0.3) is 0 Å². The van der Waals surface area contributed by atoms with Gasteiger partial charge in [-0.1, -0.05) is 6.92 Å². The molecule has 1 aromatic heterocycles. The van der Waals surface area contributed by atoms with E-state index in [2.05, 4.69) is 9.97 Å². The molecule has 1 N–H and O–H groups in total. The van der Waals surface area contributed by atoms with E-state index in [1.807, 2.05) is 13.8 Å². The van der Waals surface area contributed by atoms with Crippen molar-refractivity contribution in [1.29, 1.82) is 0 Å². The summed E-state index contributed by atoms with van der Waals surface area (Å²) in [5.74, 6) is 0.159. The molecule has 94 valence electrons. The zero-order chi connectivity index (χ0) is 12.7. The van der Waals surface area contributed by atoms with Crippen LogP contribution in [0, 0.1) is 0 Å². The summed E-state index contributed by atoms with van der Waals surface area (Å²) in [6.07, 6.45) is 2.23. The number of carboxylic acids is 1. The molecule has 0 unspecified atom stereocenters. The average molecular weight is 239 g/mol. The first-order valence-corrected chi connectivity index (χ1v) is 5.59. The topological polar surface area (TPSA) is 75.6 Å². The van der Waals surface area contributed by atoms with Crippen LogP contribution in [0.2, 0.25) is 0 Å². The number of hydrogen-bond donors (Lipinski definition) is 1. The zero-order valence-electron chi connectivity index (χ0n) is 10.1. The molecule has 0 atom stereocenters. The van der Waals surface area contributed by atoms with E-state index >= 15 is 0 Å². The number of aliphatic carboxylic acids is 1. The fourth-order valence-corrected chi connectivity index (χ4v) is 1.44. The molecule has 0 saturated carbocycles. The van der Waals surface area contributed by atoms with Crippen LogP contribution in [-0.2, 0) is 4.79 Å². The van der Waals surface area contributed by atoms with Crippen LogP contribution in [0.3, 0.4) is 0 Å². The third-order valence-corrected chi connectivity index (χ3v) is 2.06. The van der Waals surface area contributed by atoms with Gasteiger partial charge in [0.25, 0.3) is 0 Å². The predicted molar refractivity (Wildman–Crippen MR) is 63.3 cm³/mol. The van der Waals surface area contributed by atoms with Crippen LogP contribution in [0.1, 0.15) is 20.3 Å². The van der Waals surface area contributed by atoms with Gasteiger partial charge in [0.2, 0.25) is 5.88 Å². The molecule has 0 spiro atoms. The Balaban J connectivity index is 2.84. The molecule has 6 nitrogen and oxygen atoms in total. The first kappa shape index (κ1) is 13.2.